The molecule has 116 valence electrons. The second kappa shape index (κ2) is 6.37. The molecule has 0 amide bonds. The van der Waals surface area contributed by atoms with E-state index in [-0.39, 0.29) is 12.5 Å². The molecule has 0 unspecified atom stereocenters. The first-order valence-electron chi connectivity index (χ1n) is 5.72. The van der Waals surface area contributed by atoms with Crippen molar-refractivity contribution in [1.82, 2.24) is 0 Å². The van der Waals surface area contributed by atoms with Gasteiger partial charge in [-0.25, -0.2) is 18.4 Å². The van der Waals surface area contributed by atoms with Gasteiger partial charge in [-0.2, -0.15) is 0 Å². The van der Waals surface area contributed by atoms with Crippen LogP contribution in [0.3, 0.4) is 0 Å². The van der Waals surface area contributed by atoms with Gasteiger partial charge < -0.3 is 4.74 Å². The number of sulfonamides is 1. The van der Waals surface area contributed by atoms with Crippen molar-refractivity contribution in [2.75, 3.05) is 6.61 Å². The van der Waals surface area contributed by atoms with Gasteiger partial charge in [0.05, 0.1) is 22.1 Å². The summed E-state index contributed by atoms with van der Waals surface area (Å²) in [7, 11) is -4.32. The van der Waals surface area contributed by atoms with Crippen LogP contribution >= 0.6 is 11.6 Å². The number of nitro groups is 1. The van der Waals surface area contributed by atoms with E-state index in [2.05, 4.69) is 0 Å². The number of nitrogens with zero attached hydrogens (tertiary/aromatic N) is 1. The topological polar surface area (TPSA) is 130 Å². The van der Waals surface area contributed by atoms with E-state index in [1.165, 1.54) is 0 Å². The summed E-state index contributed by atoms with van der Waals surface area (Å²) in [5.74, 6) is -0.925. The second-order valence-electron chi connectivity index (χ2n) is 4.60. The summed E-state index contributed by atoms with van der Waals surface area (Å²) in [5, 5.41) is 15.2. The van der Waals surface area contributed by atoms with Crippen LogP contribution in [0.15, 0.2) is 17.0 Å². The number of carbonyl (C=O) groups is 1. The molecule has 8 nitrogen and oxygen atoms in total. The third-order valence-corrected chi connectivity index (χ3v) is 3.76. The maximum atomic E-state index is 11.9. The molecule has 0 saturated heterocycles. The maximum Gasteiger partial charge on any atom is 0.339 e. The number of ether oxygens (including phenoxy) is 1. The van der Waals surface area contributed by atoms with Crippen LogP contribution in [0.5, 0.6) is 0 Å². The van der Waals surface area contributed by atoms with Crippen molar-refractivity contribution in [3.63, 3.8) is 0 Å². The van der Waals surface area contributed by atoms with Crippen molar-refractivity contribution in [3.8, 4) is 0 Å². The molecular weight excluding hydrogens is 324 g/mol. The van der Waals surface area contributed by atoms with Gasteiger partial charge in [-0.3, -0.25) is 10.1 Å². The second-order valence-corrected chi connectivity index (χ2v) is 6.51. The SMILES string of the molecule is CC(C)COC(=O)c1cc([N+](=O)[O-])cc(S(N)(=O)=O)c1Cl. The van der Waals surface area contributed by atoms with Gasteiger partial charge in [0, 0.05) is 12.1 Å². The first-order chi connectivity index (χ1) is 9.54. The van der Waals surface area contributed by atoms with Crippen LogP contribution < -0.4 is 5.14 Å². The van der Waals surface area contributed by atoms with E-state index in [9.17, 15) is 23.3 Å². The Morgan fingerprint density at radius 1 is 1.48 bits per heavy atom. The van der Waals surface area contributed by atoms with E-state index >= 15 is 0 Å². The fraction of sp³-hybridized carbons (Fsp3) is 0.364. The zero-order valence-corrected chi connectivity index (χ0v) is 12.8. The van der Waals surface area contributed by atoms with Gasteiger partial charge >= 0.3 is 5.97 Å². The van der Waals surface area contributed by atoms with Crippen molar-refractivity contribution < 1.29 is 22.9 Å². The number of benzene rings is 1. The maximum absolute atomic E-state index is 11.9. The number of hydrogen-bond acceptors (Lipinski definition) is 6. The zero-order chi connectivity index (χ0) is 16.4. The zero-order valence-electron chi connectivity index (χ0n) is 11.2. The molecule has 1 aromatic rings. The van der Waals surface area contributed by atoms with E-state index in [1.807, 2.05) is 0 Å². The largest absolute Gasteiger partial charge is 0.462 e. The lowest BCUT2D eigenvalue weighted by atomic mass is 10.2. The summed E-state index contributed by atoms with van der Waals surface area (Å²) in [4.78, 5) is 21.1. The van der Waals surface area contributed by atoms with Gasteiger partial charge in [-0.15, -0.1) is 0 Å². The highest BCUT2D eigenvalue weighted by Crippen LogP contribution is 2.30. The normalized spacial score (nSPS) is 11.5. The Morgan fingerprint density at radius 2 is 2.05 bits per heavy atom. The molecule has 0 spiro atoms. The Kier molecular flexibility index (Phi) is 5.26. The minimum Gasteiger partial charge on any atom is -0.462 e. The van der Waals surface area contributed by atoms with Crippen LogP contribution in [0, 0.1) is 16.0 Å². The van der Waals surface area contributed by atoms with Crippen molar-refractivity contribution in [3.05, 3.63) is 32.8 Å². The molecule has 0 bridgehead atoms. The Bertz CT molecular complexity index is 686. The Morgan fingerprint density at radius 3 is 2.48 bits per heavy atom. The first-order valence-corrected chi connectivity index (χ1v) is 7.64. The minimum absolute atomic E-state index is 0.0316. The number of esters is 1. The standard InChI is InChI=1S/C11H13ClN2O6S/c1-6(2)5-20-11(15)8-3-7(14(16)17)4-9(10(8)12)21(13,18)19/h3-4,6H,5H2,1-2H3,(H2,13,18,19). The number of rotatable bonds is 5. The van der Waals surface area contributed by atoms with Crippen molar-refractivity contribution in [1.29, 1.82) is 0 Å². The smallest absolute Gasteiger partial charge is 0.339 e. The lowest BCUT2D eigenvalue weighted by Crippen LogP contribution is -2.16. The number of non-ortho nitro benzene ring substituents is 1. The molecule has 0 heterocycles. The number of halogens is 1. The predicted octanol–water partition coefficient (Wildman–Crippen LogP) is 1.71. The highest BCUT2D eigenvalue weighted by molar-refractivity contribution is 7.89. The van der Waals surface area contributed by atoms with Crippen LogP contribution in [-0.2, 0) is 14.8 Å². The van der Waals surface area contributed by atoms with Gasteiger partial charge in [-0.05, 0) is 5.92 Å². The number of carbonyl (C=O) groups excluding carboxylic acids is 1. The molecule has 1 rings (SSSR count). The summed E-state index contributed by atoms with van der Waals surface area (Å²) in [5.41, 5.74) is -1.05. The molecule has 21 heavy (non-hydrogen) atoms. The van der Waals surface area contributed by atoms with Crippen molar-refractivity contribution >= 4 is 33.3 Å². The molecule has 10 heteroatoms. The fourth-order valence-corrected chi connectivity index (χ4v) is 2.52. The third kappa shape index (κ3) is 4.38. The minimum atomic E-state index is -4.32. The molecule has 0 aliphatic heterocycles. The Hall–Kier alpha value is -1.71. The fourth-order valence-electron chi connectivity index (χ4n) is 1.36. The van der Waals surface area contributed by atoms with Gasteiger partial charge in [0.15, 0.2) is 0 Å². The molecule has 2 N–H and O–H groups in total. The predicted molar refractivity (Wildman–Crippen MR) is 74.6 cm³/mol. The number of hydrogen-bond donors (Lipinski definition) is 1. The van der Waals surface area contributed by atoms with Gasteiger partial charge in [0.1, 0.15) is 4.90 Å². The average molecular weight is 337 g/mol. The highest BCUT2D eigenvalue weighted by Gasteiger charge is 2.26. The Labute approximate surface area is 126 Å². The first kappa shape index (κ1) is 17.3. The van der Waals surface area contributed by atoms with Crippen LogP contribution in [0.25, 0.3) is 0 Å². The molecule has 0 saturated carbocycles. The van der Waals surface area contributed by atoms with Gasteiger partial charge in [0.2, 0.25) is 10.0 Å². The summed E-state index contributed by atoms with van der Waals surface area (Å²) in [6, 6.07) is 1.54. The average Bonchev–Trinajstić information content (AvgIpc) is 2.34. The summed E-state index contributed by atoms with van der Waals surface area (Å²) < 4.78 is 27.7. The van der Waals surface area contributed by atoms with Gasteiger partial charge in [0.25, 0.3) is 5.69 Å². The quantitative estimate of drug-likeness (QED) is 0.495. The summed E-state index contributed by atoms with van der Waals surface area (Å²) in [6.07, 6.45) is 0. The van der Waals surface area contributed by atoms with E-state index in [4.69, 9.17) is 21.5 Å². The van der Waals surface area contributed by atoms with Crippen molar-refractivity contribution in [2.24, 2.45) is 11.1 Å². The molecule has 0 atom stereocenters. The van der Waals surface area contributed by atoms with Crippen LogP contribution in [-0.4, -0.2) is 25.9 Å². The van der Waals surface area contributed by atoms with E-state index in [0.29, 0.717) is 6.07 Å². The molecule has 0 aromatic heterocycles. The van der Waals surface area contributed by atoms with E-state index in [1.54, 1.807) is 13.8 Å². The lowest BCUT2D eigenvalue weighted by molar-refractivity contribution is -0.385. The molecule has 0 aliphatic rings. The highest BCUT2D eigenvalue weighted by atomic mass is 35.5. The van der Waals surface area contributed by atoms with Gasteiger partial charge in [-0.1, -0.05) is 25.4 Å². The van der Waals surface area contributed by atoms with Crippen LogP contribution in [0.1, 0.15) is 24.2 Å². The number of primary sulfonamides is 1. The molecule has 0 aliphatic carbocycles. The summed E-state index contributed by atoms with van der Waals surface area (Å²) >= 11 is 5.80. The van der Waals surface area contributed by atoms with E-state index < -0.39 is 42.1 Å². The Balaban J connectivity index is 3.41. The monoisotopic (exact) mass is 336 g/mol. The molecule has 1 aromatic carbocycles. The van der Waals surface area contributed by atoms with E-state index in [0.717, 1.165) is 6.07 Å². The number of nitrogens with two attached hydrogens (primary N) is 1. The molecule has 0 fully saturated rings. The van der Waals surface area contributed by atoms with Crippen LogP contribution in [0.2, 0.25) is 5.02 Å². The summed E-state index contributed by atoms with van der Waals surface area (Å²) in [6.45, 7) is 3.64. The lowest BCUT2D eigenvalue weighted by Gasteiger charge is -2.10. The number of nitro benzene ring substituents is 1. The third-order valence-electron chi connectivity index (χ3n) is 2.31. The molecular formula is C11H13ClN2O6S. The molecule has 0 radical (unpaired) electrons. The van der Waals surface area contributed by atoms with Crippen molar-refractivity contribution in [2.45, 2.75) is 18.7 Å². The van der Waals surface area contributed by atoms with Crippen LogP contribution in [0.4, 0.5) is 5.69 Å².